The molecule has 1 aromatic carbocycles. The fourth-order valence-electron chi connectivity index (χ4n) is 4.05. The van der Waals surface area contributed by atoms with Gasteiger partial charge in [0.2, 0.25) is 5.95 Å². The highest BCUT2D eigenvalue weighted by Gasteiger charge is 2.17. The monoisotopic (exact) mass is 413 g/mol. The van der Waals surface area contributed by atoms with Crippen molar-refractivity contribution in [3.05, 3.63) is 65.1 Å². The van der Waals surface area contributed by atoms with Crippen molar-refractivity contribution >= 4 is 18.1 Å². The lowest BCUT2D eigenvalue weighted by Crippen LogP contribution is -2.29. The lowest BCUT2D eigenvalue weighted by atomic mass is 10.1. The zero-order chi connectivity index (χ0) is 21.2. The number of aromatic nitrogens is 4. The highest BCUT2D eigenvalue weighted by molar-refractivity contribution is 5.60. The Morgan fingerprint density at radius 2 is 1.81 bits per heavy atom. The van der Waals surface area contributed by atoms with E-state index in [-0.39, 0.29) is 0 Å². The van der Waals surface area contributed by atoms with Crippen LogP contribution in [0.3, 0.4) is 0 Å². The molecule has 31 heavy (non-hydrogen) atoms. The molecule has 1 fully saturated rings. The van der Waals surface area contributed by atoms with Crippen LogP contribution in [0, 0.1) is 12.8 Å². The van der Waals surface area contributed by atoms with Crippen LogP contribution in [0.25, 0.3) is 29.2 Å². The molecule has 0 radical (unpaired) electrons. The molecule has 1 atom stereocenters. The van der Waals surface area contributed by atoms with E-state index in [0.29, 0.717) is 17.9 Å². The highest BCUT2D eigenvalue weighted by Crippen LogP contribution is 2.20. The van der Waals surface area contributed by atoms with Gasteiger partial charge in [0.15, 0.2) is 0 Å². The van der Waals surface area contributed by atoms with Crippen molar-refractivity contribution in [2.75, 3.05) is 18.5 Å². The molecule has 3 heterocycles. The van der Waals surface area contributed by atoms with E-state index >= 15 is 0 Å². The molecule has 3 aromatic rings. The third-order valence-corrected chi connectivity index (χ3v) is 5.79. The summed E-state index contributed by atoms with van der Waals surface area (Å²) in [6, 6.07) is 8.90. The van der Waals surface area contributed by atoms with Gasteiger partial charge in [0, 0.05) is 37.3 Å². The number of fused-ring (bicyclic) bond motifs is 1. The van der Waals surface area contributed by atoms with Gasteiger partial charge in [0.1, 0.15) is 5.82 Å². The first-order valence-electron chi connectivity index (χ1n) is 10.9. The Hall–Kier alpha value is -3.25. The van der Waals surface area contributed by atoms with Gasteiger partial charge in [-0.1, -0.05) is 42.8 Å². The summed E-state index contributed by atoms with van der Waals surface area (Å²) in [7, 11) is 0. The molecule has 1 saturated heterocycles. The number of imidazole rings is 1. The van der Waals surface area contributed by atoms with E-state index in [9.17, 15) is 0 Å². The summed E-state index contributed by atoms with van der Waals surface area (Å²) in [5, 5.41) is 5.48. The minimum Gasteiger partial charge on any atom is -0.381 e. The van der Waals surface area contributed by atoms with Crippen LogP contribution in [-0.4, -0.2) is 38.8 Å². The standard InChI is InChI=1S/C25H27N5O/c1-17-6-8-21(9-7-17)30-23-14-18(2)4-3-5-22(23)29-24(30)19-15-26-25(27-16-19)28-20-10-12-31-13-11-20/h3-9,14-16,18,20H,10-13H2,1-2H3,(H,26,27,28)/t18-/m0/s1. The third kappa shape index (κ3) is 4.16. The largest absolute Gasteiger partial charge is 0.381 e. The molecular formula is C25H27N5O. The second kappa shape index (κ2) is 8.47. The maximum atomic E-state index is 5.43. The number of anilines is 1. The Bertz CT molecular complexity index is 1200. The summed E-state index contributed by atoms with van der Waals surface area (Å²) in [5.41, 5.74) is 3.20. The van der Waals surface area contributed by atoms with Crippen molar-refractivity contribution < 1.29 is 4.74 Å². The number of nitrogens with zero attached hydrogens (tertiary/aromatic N) is 4. The van der Waals surface area contributed by atoms with Crippen molar-refractivity contribution in [1.29, 1.82) is 0 Å². The van der Waals surface area contributed by atoms with Gasteiger partial charge in [-0.3, -0.25) is 4.57 Å². The lowest BCUT2D eigenvalue weighted by molar-refractivity contribution is 0.0903. The number of hydrogen-bond acceptors (Lipinski definition) is 5. The summed E-state index contributed by atoms with van der Waals surface area (Å²) in [5.74, 6) is 1.83. The molecule has 6 heteroatoms. The zero-order valence-corrected chi connectivity index (χ0v) is 18.0. The maximum absolute atomic E-state index is 5.43. The molecule has 1 aliphatic carbocycles. The number of nitrogens with one attached hydrogen (secondary N) is 1. The van der Waals surface area contributed by atoms with Gasteiger partial charge in [-0.2, -0.15) is 0 Å². The van der Waals surface area contributed by atoms with Crippen LogP contribution in [0.5, 0.6) is 0 Å². The molecule has 0 amide bonds. The summed E-state index contributed by atoms with van der Waals surface area (Å²) in [6.45, 7) is 5.86. The Labute approximate surface area is 182 Å². The van der Waals surface area contributed by atoms with Gasteiger partial charge in [-0.15, -0.1) is 0 Å². The van der Waals surface area contributed by atoms with Crippen LogP contribution < -0.4 is 16.0 Å². The van der Waals surface area contributed by atoms with Crippen LogP contribution in [0.15, 0.2) is 48.8 Å². The molecule has 2 aromatic heterocycles. The first-order valence-corrected chi connectivity index (χ1v) is 10.9. The number of allylic oxidation sites excluding steroid dienone is 2. The fraction of sp³-hybridized carbons (Fsp3) is 0.320. The van der Waals surface area contributed by atoms with Crippen LogP contribution in [-0.2, 0) is 4.74 Å². The third-order valence-electron chi connectivity index (χ3n) is 5.79. The van der Waals surface area contributed by atoms with E-state index in [1.807, 2.05) is 12.4 Å². The normalized spacial score (nSPS) is 18.6. The predicted octanol–water partition coefficient (Wildman–Crippen LogP) is 3.00. The number of aryl methyl sites for hydroxylation is 1. The average Bonchev–Trinajstić information content (AvgIpc) is 3.03. The molecule has 1 N–H and O–H groups in total. The fourth-order valence-corrected chi connectivity index (χ4v) is 4.05. The van der Waals surface area contributed by atoms with Crippen LogP contribution in [0.1, 0.15) is 25.3 Å². The molecule has 5 rings (SSSR count). The molecule has 0 spiro atoms. The van der Waals surface area contributed by atoms with E-state index in [4.69, 9.17) is 9.72 Å². The van der Waals surface area contributed by atoms with Gasteiger partial charge in [0.05, 0.1) is 16.3 Å². The Morgan fingerprint density at radius 1 is 1.06 bits per heavy atom. The van der Waals surface area contributed by atoms with E-state index in [1.54, 1.807) is 0 Å². The van der Waals surface area contributed by atoms with E-state index in [0.717, 1.165) is 53.8 Å². The predicted molar refractivity (Wildman–Crippen MR) is 123 cm³/mol. The smallest absolute Gasteiger partial charge is 0.222 e. The summed E-state index contributed by atoms with van der Waals surface area (Å²) in [4.78, 5) is 14.1. The second-order valence-electron chi connectivity index (χ2n) is 8.28. The quantitative estimate of drug-likeness (QED) is 0.712. The van der Waals surface area contributed by atoms with E-state index < -0.39 is 0 Å². The van der Waals surface area contributed by atoms with Crippen LogP contribution in [0.4, 0.5) is 5.95 Å². The molecular weight excluding hydrogens is 386 g/mol. The SMILES string of the molecule is Cc1ccc(-n2c(-c3cnc(NC4CCOCC4)nc3)nc3c2=C[C@@H](C)C=CC=3)cc1. The van der Waals surface area contributed by atoms with E-state index in [1.165, 1.54) is 5.56 Å². The topological polar surface area (TPSA) is 64.9 Å². The van der Waals surface area contributed by atoms with Gasteiger partial charge in [0.25, 0.3) is 0 Å². The first kappa shape index (κ1) is 19.7. The minimum atomic E-state index is 0.327. The van der Waals surface area contributed by atoms with Crippen molar-refractivity contribution in [3.8, 4) is 17.1 Å². The Morgan fingerprint density at radius 3 is 2.55 bits per heavy atom. The van der Waals surface area contributed by atoms with Crippen molar-refractivity contribution in [2.45, 2.75) is 32.7 Å². The van der Waals surface area contributed by atoms with Crippen molar-refractivity contribution in [1.82, 2.24) is 19.5 Å². The van der Waals surface area contributed by atoms with Gasteiger partial charge >= 0.3 is 0 Å². The number of hydrogen-bond donors (Lipinski definition) is 1. The van der Waals surface area contributed by atoms with Gasteiger partial charge in [-0.05, 0) is 43.9 Å². The Kier molecular flexibility index (Phi) is 5.38. The van der Waals surface area contributed by atoms with Crippen LogP contribution in [0.2, 0.25) is 0 Å². The number of ether oxygens (including phenoxy) is 1. The molecule has 0 unspecified atom stereocenters. The summed E-state index contributed by atoms with van der Waals surface area (Å²) < 4.78 is 7.64. The number of rotatable bonds is 4. The molecule has 0 saturated carbocycles. The zero-order valence-electron chi connectivity index (χ0n) is 18.0. The average molecular weight is 414 g/mol. The minimum absolute atomic E-state index is 0.327. The number of benzene rings is 1. The molecule has 0 bridgehead atoms. The molecule has 2 aliphatic rings. The van der Waals surface area contributed by atoms with Gasteiger partial charge < -0.3 is 10.1 Å². The maximum Gasteiger partial charge on any atom is 0.222 e. The highest BCUT2D eigenvalue weighted by atomic mass is 16.5. The van der Waals surface area contributed by atoms with Gasteiger partial charge in [-0.25, -0.2) is 15.0 Å². The van der Waals surface area contributed by atoms with Crippen LogP contribution >= 0.6 is 0 Å². The second-order valence-corrected chi connectivity index (χ2v) is 8.28. The lowest BCUT2D eigenvalue weighted by Gasteiger charge is -2.22. The summed E-state index contributed by atoms with van der Waals surface area (Å²) in [6.07, 6.45) is 14.3. The van der Waals surface area contributed by atoms with E-state index in [2.05, 4.69) is 82.3 Å². The first-order chi connectivity index (χ1) is 15.2. The van der Waals surface area contributed by atoms with Crippen molar-refractivity contribution in [2.24, 2.45) is 5.92 Å². The van der Waals surface area contributed by atoms with Crippen molar-refractivity contribution in [3.63, 3.8) is 0 Å². The molecule has 1 aliphatic heterocycles. The molecule has 6 nitrogen and oxygen atoms in total. The Balaban J connectivity index is 1.57. The summed E-state index contributed by atoms with van der Waals surface area (Å²) >= 11 is 0. The molecule has 158 valence electrons.